The number of rotatable bonds is 9. The number of aliphatic hydroxyl groups excluding tert-OH is 1. The number of amides is 2. The molecule has 0 spiro atoms. The maximum Gasteiger partial charge on any atom is 0.271 e. The number of carbonyl (C=O) groups is 2. The number of nitrogens with zero attached hydrogens (tertiary/aromatic N) is 2. The van der Waals surface area contributed by atoms with E-state index in [4.69, 9.17) is 5.73 Å². The molecule has 3 aromatic rings. The van der Waals surface area contributed by atoms with E-state index in [0.29, 0.717) is 30.3 Å². The number of benzene rings is 2. The zero-order valence-corrected chi connectivity index (χ0v) is 20.3. The molecular weight excluding hydrogens is 456 g/mol. The first-order valence-corrected chi connectivity index (χ1v) is 12.6. The number of fused-ring (bicyclic) bond motifs is 1. The number of aliphatic hydroxyl groups is 2. The molecule has 36 heavy (non-hydrogen) atoms. The van der Waals surface area contributed by atoms with Crippen LogP contribution in [0.5, 0.6) is 0 Å². The summed E-state index contributed by atoms with van der Waals surface area (Å²) in [6.45, 7) is 0. The fourth-order valence-corrected chi connectivity index (χ4v) is 5.16. The molecule has 0 aliphatic heterocycles. The van der Waals surface area contributed by atoms with Gasteiger partial charge in [-0.1, -0.05) is 68.1 Å². The minimum Gasteiger partial charge on any atom is -0.391 e. The number of carbonyl (C=O) groups excluding carboxylic acids is 2. The highest BCUT2D eigenvalue weighted by Gasteiger charge is 2.42. The summed E-state index contributed by atoms with van der Waals surface area (Å²) in [5.41, 5.74) is 6.79. The quantitative estimate of drug-likeness (QED) is 0.340. The van der Waals surface area contributed by atoms with Gasteiger partial charge in [-0.15, -0.1) is 0 Å². The summed E-state index contributed by atoms with van der Waals surface area (Å²) in [4.78, 5) is 34.3. The van der Waals surface area contributed by atoms with Gasteiger partial charge in [0.15, 0.2) is 0 Å². The van der Waals surface area contributed by atoms with Crippen molar-refractivity contribution in [3.05, 3.63) is 72.1 Å². The van der Waals surface area contributed by atoms with Crippen LogP contribution in [0.15, 0.2) is 60.8 Å². The van der Waals surface area contributed by atoms with Crippen LogP contribution in [0.2, 0.25) is 0 Å². The molecule has 0 radical (unpaired) electrons. The molecule has 0 saturated heterocycles. The molecule has 2 aromatic carbocycles. The van der Waals surface area contributed by atoms with E-state index in [1.807, 2.05) is 48.5 Å². The van der Waals surface area contributed by atoms with Crippen LogP contribution in [0.3, 0.4) is 0 Å². The van der Waals surface area contributed by atoms with Gasteiger partial charge in [0.2, 0.25) is 5.91 Å². The molecule has 1 fully saturated rings. The number of hydrogen-bond acceptors (Lipinski definition) is 6. The topological polar surface area (TPSA) is 138 Å². The van der Waals surface area contributed by atoms with Crippen LogP contribution in [0, 0.1) is 5.92 Å². The van der Waals surface area contributed by atoms with Gasteiger partial charge in [0.25, 0.3) is 5.91 Å². The molecule has 0 bridgehead atoms. The second-order valence-electron chi connectivity index (χ2n) is 9.79. The molecule has 1 aromatic heterocycles. The number of nitrogens with two attached hydrogens (primary N) is 1. The average Bonchev–Trinajstić information content (AvgIpc) is 3.11. The molecule has 8 heteroatoms. The minimum absolute atomic E-state index is 0.0486. The monoisotopic (exact) mass is 490 g/mol. The van der Waals surface area contributed by atoms with Crippen LogP contribution in [-0.4, -0.2) is 49.7 Å². The van der Waals surface area contributed by atoms with Crippen molar-refractivity contribution in [3.63, 3.8) is 0 Å². The highest BCUT2D eigenvalue weighted by atomic mass is 16.3. The van der Waals surface area contributed by atoms with E-state index >= 15 is 0 Å². The molecule has 0 unspecified atom stereocenters. The first kappa shape index (κ1) is 25.7. The van der Waals surface area contributed by atoms with Crippen LogP contribution < -0.4 is 11.1 Å². The van der Waals surface area contributed by atoms with Crippen LogP contribution in [0.1, 0.15) is 61.0 Å². The third-order valence-corrected chi connectivity index (χ3v) is 7.20. The number of para-hydroxylation sites is 2. The van der Waals surface area contributed by atoms with Gasteiger partial charge in [-0.05, 0) is 43.4 Å². The highest BCUT2D eigenvalue weighted by Crippen LogP contribution is 2.36. The third kappa shape index (κ3) is 6.25. The maximum absolute atomic E-state index is 13.2. The molecule has 190 valence electrons. The Balaban J connectivity index is 1.56. The SMILES string of the molecule is NC(=O)[C@@H](C[C@H](O)[C@H](Cc1ccccc1)NC(=O)c1cnc2ccccc2n1)C1(O)CCCCCC1. The average molecular weight is 491 g/mol. The summed E-state index contributed by atoms with van der Waals surface area (Å²) in [7, 11) is 0. The molecule has 5 N–H and O–H groups in total. The van der Waals surface area contributed by atoms with Crippen LogP contribution in [0.25, 0.3) is 11.0 Å². The van der Waals surface area contributed by atoms with E-state index < -0.39 is 35.5 Å². The second kappa shape index (κ2) is 11.6. The lowest BCUT2D eigenvalue weighted by Crippen LogP contribution is -2.51. The molecule has 1 saturated carbocycles. The summed E-state index contributed by atoms with van der Waals surface area (Å²) in [6, 6.07) is 16.0. The van der Waals surface area contributed by atoms with E-state index in [9.17, 15) is 19.8 Å². The normalized spacial score (nSPS) is 18.1. The maximum atomic E-state index is 13.2. The van der Waals surface area contributed by atoms with Crippen LogP contribution >= 0.6 is 0 Å². The van der Waals surface area contributed by atoms with Crippen molar-refractivity contribution in [2.45, 2.75) is 69.1 Å². The smallest absolute Gasteiger partial charge is 0.271 e. The lowest BCUT2D eigenvalue weighted by Gasteiger charge is -2.36. The first-order chi connectivity index (χ1) is 17.4. The van der Waals surface area contributed by atoms with E-state index in [-0.39, 0.29) is 12.1 Å². The number of aromatic nitrogens is 2. The standard InChI is InChI=1S/C28H34N4O4/c29-26(34)20(28(36)14-8-1-2-9-15-28)17-25(33)23(16-19-10-4-3-5-11-19)32-27(35)24-18-30-21-12-6-7-13-22(21)31-24/h3-7,10-13,18,20,23,25,33,36H,1-2,8-9,14-17H2,(H2,29,34)(H,32,35)/t20-,23+,25+/m1/s1. The lowest BCUT2D eigenvalue weighted by atomic mass is 9.76. The Bertz CT molecular complexity index is 1180. The fourth-order valence-electron chi connectivity index (χ4n) is 5.16. The molecule has 3 atom stereocenters. The Morgan fingerprint density at radius 3 is 2.28 bits per heavy atom. The fraction of sp³-hybridized carbons (Fsp3) is 0.429. The van der Waals surface area contributed by atoms with E-state index in [2.05, 4.69) is 15.3 Å². The zero-order chi connectivity index (χ0) is 25.5. The lowest BCUT2D eigenvalue weighted by molar-refractivity contribution is -0.135. The van der Waals surface area contributed by atoms with Crippen molar-refractivity contribution in [1.29, 1.82) is 0 Å². The summed E-state index contributed by atoms with van der Waals surface area (Å²) in [6.07, 6.45) is 5.11. The van der Waals surface area contributed by atoms with E-state index in [1.165, 1.54) is 6.20 Å². The molecule has 1 aliphatic carbocycles. The predicted octanol–water partition coefficient (Wildman–Crippen LogP) is 2.91. The Labute approximate surface area is 211 Å². The summed E-state index contributed by atoms with van der Waals surface area (Å²) < 4.78 is 0. The van der Waals surface area contributed by atoms with Crippen molar-refractivity contribution in [2.75, 3.05) is 0 Å². The van der Waals surface area contributed by atoms with Crippen molar-refractivity contribution < 1.29 is 19.8 Å². The van der Waals surface area contributed by atoms with Crippen LogP contribution in [0.4, 0.5) is 0 Å². The molecular formula is C28H34N4O4. The van der Waals surface area contributed by atoms with E-state index in [1.54, 1.807) is 6.07 Å². The predicted molar refractivity (Wildman–Crippen MR) is 137 cm³/mol. The van der Waals surface area contributed by atoms with Crippen LogP contribution in [-0.2, 0) is 11.2 Å². The minimum atomic E-state index is -1.26. The Morgan fingerprint density at radius 2 is 1.61 bits per heavy atom. The van der Waals surface area contributed by atoms with Gasteiger partial charge >= 0.3 is 0 Å². The van der Waals surface area contributed by atoms with Gasteiger partial charge in [0.1, 0.15) is 5.69 Å². The van der Waals surface area contributed by atoms with Gasteiger partial charge < -0.3 is 21.3 Å². The Hall–Kier alpha value is -3.36. The second-order valence-corrected chi connectivity index (χ2v) is 9.79. The Kier molecular flexibility index (Phi) is 8.28. The van der Waals surface area contributed by atoms with Crippen molar-refractivity contribution >= 4 is 22.8 Å². The summed E-state index contributed by atoms with van der Waals surface area (Å²) in [5, 5.41) is 25.5. The summed E-state index contributed by atoms with van der Waals surface area (Å²) >= 11 is 0. The zero-order valence-electron chi connectivity index (χ0n) is 20.3. The van der Waals surface area contributed by atoms with Gasteiger partial charge in [-0.3, -0.25) is 14.6 Å². The largest absolute Gasteiger partial charge is 0.391 e. The third-order valence-electron chi connectivity index (χ3n) is 7.20. The van der Waals surface area contributed by atoms with Gasteiger partial charge in [0, 0.05) is 0 Å². The van der Waals surface area contributed by atoms with Gasteiger partial charge in [-0.2, -0.15) is 0 Å². The van der Waals surface area contributed by atoms with Crippen molar-refractivity contribution in [3.8, 4) is 0 Å². The molecule has 2 amide bonds. The molecule has 4 rings (SSSR count). The molecule has 1 aliphatic rings. The molecule has 8 nitrogen and oxygen atoms in total. The Morgan fingerprint density at radius 1 is 0.972 bits per heavy atom. The first-order valence-electron chi connectivity index (χ1n) is 12.6. The highest BCUT2D eigenvalue weighted by molar-refractivity contribution is 5.94. The van der Waals surface area contributed by atoms with Gasteiger partial charge in [-0.25, -0.2) is 4.98 Å². The molecule has 1 heterocycles. The number of nitrogens with one attached hydrogen (secondary N) is 1. The van der Waals surface area contributed by atoms with Crippen molar-refractivity contribution in [1.82, 2.24) is 15.3 Å². The summed E-state index contributed by atoms with van der Waals surface area (Å²) in [5.74, 6) is -2.03. The number of hydrogen-bond donors (Lipinski definition) is 4. The number of primary amides is 1. The van der Waals surface area contributed by atoms with Gasteiger partial charge in [0.05, 0.1) is 40.9 Å². The van der Waals surface area contributed by atoms with E-state index in [0.717, 1.165) is 31.2 Å². The van der Waals surface area contributed by atoms with Crippen molar-refractivity contribution in [2.24, 2.45) is 11.7 Å².